The lowest BCUT2D eigenvalue weighted by atomic mass is 10.2. The first-order chi connectivity index (χ1) is 15.1. The third-order valence-electron chi connectivity index (χ3n) is 4.62. The molecule has 2 aromatic heterocycles. The number of hydrogen-bond acceptors (Lipinski definition) is 5. The number of halogens is 1. The van der Waals surface area contributed by atoms with Crippen molar-refractivity contribution in [2.45, 2.75) is 6.61 Å². The van der Waals surface area contributed by atoms with Gasteiger partial charge in [0.1, 0.15) is 29.5 Å². The number of methoxy groups -OCH3 is 2. The van der Waals surface area contributed by atoms with Crippen LogP contribution in [0.5, 0.6) is 17.2 Å². The molecule has 0 fully saturated rings. The van der Waals surface area contributed by atoms with Crippen LogP contribution in [0.1, 0.15) is 16.1 Å². The Morgan fingerprint density at radius 3 is 2.68 bits per heavy atom. The number of nitrogens with one attached hydrogen (secondary N) is 1. The Hall–Kier alpha value is -3.71. The van der Waals surface area contributed by atoms with Crippen molar-refractivity contribution in [3.8, 4) is 17.2 Å². The molecule has 1 amide bonds. The molecule has 0 atom stereocenters. The van der Waals surface area contributed by atoms with E-state index in [0.29, 0.717) is 33.5 Å². The van der Waals surface area contributed by atoms with Crippen molar-refractivity contribution >= 4 is 28.8 Å². The number of amides is 1. The Balaban J connectivity index is 1.48. The van der Waals surface area contributed by atoms with E-state index in [-0.39, 0.29) is 12.5 Å². The molecule has 4 rings (SSSR count). The Morgan fingerprint density at radius 2 is 1.90 bits per heavy atom. The fourth-order valence-electron chi connectivity index (χ4n) is 3.09. The predicted molar refractivity (Wildman–Crippen MR) is 118 cm³/mol. The van der Waals surface area contributed by atoms with Gasteiger partial charge in [-0.2, -0.15) is 0 Å². The molecule has 1 N–H and O–H groups in total. The average Bonchev–Trinajstić information content (AvgIpc) is 3.21. The molecule has 0 bridgehead atoms. The van der Waals surface area contributed by atoms with E-state index in [1.807, 2.05) is 35.0 Å². The number of pyridine rings is 1. The lowest BCUT2D eigenvalue weighted by molar-refractivity contribution is 0.102. The van der Waals surface area contributed by atoms with E-state index in [2.05, 4.69) is 10.3 Å². The second kappa shape index (κ2) is 8.97. The van der Waals surface area contributed by atoms with Crippen molar-refractivity contribution in [2.24, 2.45) is 0 Å². The predicted octanol–water partition coefficient (Wildman–Crippen LogP) is 4.84. The standard InChI is InChI=1S/C23H20ClN3O4/c1-29-20-12-19(21(30-2)11-18(20)24)26-23(28)15-6-5-7-17(10-15)31-14-16-13-27-9-4-3-8-22(27)25-16/h3-13H,14H2,1-2H3,(H,26,28). The van der Waals surface area contributed by atoms with Gasteiger partial charge in [0.05, 0.1) is 30.6 Å². The third-order valence-corrected chi connectivity index (χ3v) is 4.91. The molecule has 2 heterocycles. The van der Waals surface area contributed by atoms with Crippen LogP contribution in [0.4, 0.5) is 5.69 Å². The van der Waals surface area contributed by atoms with E-state index in [1.165, 1.54) is 14.2 Å². The third kappa shape index (κ3) is 4.57. The monoisotopic (exact) mass is 437 g/mol. The van der Waals surface area contributed by atoms with E-state index in [0.717, 1.165) is 11.3 Å². The van der Waals surface area contributed by atoms with Crippen LogP contribution in [0.25, 0.3) is 5.65 Å². The van der Waals surface area contributed by atoms with E-state index >= 15 is 0 Å². The lowest BCUT2D eigenvalue weighted by Gasteiger charge is -2.13. The number of benzene rings is 2. The molecule has 0 saturated heterocycles. The average molecular weight is 438 g/mol. The quantitative estimate of drug-likeness (QED) is 0.448. The zero-order chi connectivity index (χ0) is 21.8. The summed E-state index contributed by atoms with van der Waals surface area (Å²) in [4.78, 5) is 17.3. The van der Waals surface area contributed by atoms with Crippen molar-refractivity contribution in [1.82, 2.24) is 9.38 Å². The first kappa shape index (κ1) is 20.6. The number of rotatable bonds is 7. The van der Waals surface area contributed by atoms with Crippen molar-refractivity contribution in [1.29, 1.82) is 0 Å². The van der Waals surface area contributed by atoms with Crippen LogP contribution in [-0.4, -0.2) is 29.5 Å². The van der Waals surface area contributed by atoms with Gasteiger partial charge in [-0.3, -0.25) is 4.79 Å². The number of hydrogen-bond donors (Lipinski definition) is 1. The Labute approximate surface area is 184 Å². The summed E-state index contributed by atoms with van der Waals surface area (Å²) in [5, 5.41) is 3.21. The number of nitrogens with zero attached hydrogens (tertiary/aromatic N) is 2. The van der Waals surface area contributed by atoms with Crippen molar-refractivity contribution < 1.29 is 19.0 Å². The number of carbonyl (C=O) groups excluding carboxylic acids is 1. The van der Waals surface area contributed by atoms with Gasteiger partial charge >= 0.3 is 0 Å². The molecule has 7 nitrogen and oxygen atoms in total. The maximum absolute atomic E-state index is 12.8. The maximum atomic E-state index is 12.8. The highest BCUT2D eigenvalue weighted by molar-refractivity contribution is 6.32. The van der Waals surface area contributed by atoms with E-state index in [1.54, 1.807) is 36.4 Å². The highest BCUT2D eigenvalue weighted by Crippen LogP contribution is 2.36. The molecule has 0 saturated carbocycles. The van der Waals surface area contributed by atoms with Crippen LogP contribution in [0.2, 0.25) is 5.02 Å². The first-order valence-electron chi connectivity index (χ1n) is 9.45. The zero-order valence-electron chi connectivity index (χ0n) is 17.0. The van der Waals surface area contributed by atoms with Crippen LogP contribution >= 0.6 is 11.6 Å². The largest absolute Gasteiger partial charge is 0.495 e. The van der Waals surface area contributed by atoms with Gasteiger partial charge in [0.15, 0.2) is 0 Å². The smallest absolute Gasteiger partial charge is 0.255 e. The molecule has 2 aromatic carbocycles. The molecule has 158 valence electrons. The molecule has 0 aliphatic carbocycles. The SMILES string of the molecule is COc1cc(NC(=O)c2cccc(OCc3cn4ccccc4n3)c2)c(OC)cc1Cl. The summed E-state index contributed by atoms with van der Waals surface area (Å²) in [6, 6.07) is 15.9. The minimum atomic E-state index is -0.319. The van der Waals surface area contributed by atoms with Crippen molar-refractivity contribution in [3.05, 3.63) is 83.3 Å². The molecule has 31 heavy (non-hydrogen) atoms. The van der Waals surface area contributed by atoms with Crippen LogP contribution in [-0.2, 0) is 6.61 Å². The van der Waals surface area contributed by atoms with Gasteiger partial charge in [0.2, 0.25) is 0 Å². The summed E-state index contributed by atoms with van der Waals surface area (Å²) in [7, 11) is 3.00. The maximum Gasteiger partial charge on any atom is 0.255 e. The molecular weight excluding hydrogens is 418 g/mol. The fraction of sp³-hybridized carbons (Fsp3) is 0.130. The minimum Gasteiger partial charge on any atom is -0.495 e. The molecule has 0 radical (unpaired) electrons. The van der Waals surface area contributed by atoms with Crippen molar-refractivity contribution in [2.75, 3.05) is 19.5 Å². The first-order valence-corrected chi connectivity index (χ1v) is 9.83. The normalized spacial score (nSPS) is 10.7. The number of fused-ring (bicyclic) bond motifs is 1. The molecule has 0 spiro atoms. The number of carbonyl (C=O) groups is 1. The number of ether oxygens (including phenoxy) is 3. The summed E-state index contributed by atoms with van der Waals surface area (Å²) in [5.74, 6) is 1.10. The second-order valence-corrected chi connectivity index (χ2v) is 7.06. The van der Waals surface area contributed by atoms with Crippen LogP contribution < -0.4 is 19.5 Å². The Kier molecular flexibility index (Phi) is 5.95. The van der Waals surface area contributed by atoms with Gasteiger partial charge in [-0.05, 0) is 30.3 Å². The fourth-order valence-corrected chi connectivity index (χ4v) is 3.32. The number of anilines is 1. The van der Waals surface area contributed by atoms with E-state index < -0.39 is 0 Å². The summed E-state index contributed by atoms with van der Waals surface area (Å²) >= 11 is 6.12. The van der Waals surface area contributed by atoms with Gasteiger partial charge in [-0.1, -0.05) is 23.7 Å². The van der Waals surface area contributed by atoms with Crippen molar-refractivity contribution in [3.63, 3.8) is 0 Å². The second-order valence-electron chi connectivity index (χ2n) is 6.66. The lowest BCUT2D eigenvalue weighted by Crippen LogP contribution is -2.13. The van der Waals surface area contributed by atoms with Gasteiger partial charge in [-0.25, -0.2) is 4.98 Å². The van der Waals surface area contributed by atoms with E-state index in [4.69, 9.17) is 25.8 Å². The zero-order valence-corrected chi connectivity index (χ0v) is 17.7. The highest BCUT2D eigenvalue weighted by Gasteiger charge is 2.14. The van der Waals surface area contributed by atoms with Gasteiger partial charge in [0.25, 0.3) is 5.91 Å². The summed E-state index contributed by atoms with van der Waals surface area (Å²) in [6.07, 6.45) is 3.84. The molecule has 0 aliphatic heterocycles. The summed E-state index contributed by atoms with van der Waals surface area (Å²) in [6.45, 7) is 0.287. The molecular formula is C23H20ClN3O4. The summed E-state index contributed by atoms with van der Waals surface area (Å²) < 4.78 is 18.3. The molecule has 4 aromatic rings. The minimum absolute atomic E-state index is 0.287. The van der Waals surface area contributed by atoms with E-state index in [9.17, 15) is 4.79 Å². The van der Waals surface area contributed by atoms with Crippen LogP contribution in [0.15, 0.2) is 67.0 Å². The Morgan fingerprint density at radius 1 is 1.06 bits per heavy atom. The topological polar surface area (TPSA) is 74.1 Å². The van der Waals surface area contributed by atoms with Gasteiger partial charge in [-0.15, -0.1) is 0 Å². The molecule has 8 heteroatoms. The van der Waals surface area contributed by atoms with Gasteiger partial charge < -0.3 is 23.9 Å². The van der Waals surface area contributed by atoms with Crippen LogP contribution in [0, 0.1) is 0 Å². The molecule has 0 unspecified atom stereocenters. The molecule has 0 aliphatic rings. The Bertz CT molecular complexity index is 1210. The summed E-state index contributed by atoms with van der Waals surface area (Å²) in [5.41, 5.74) is 2.52. The highest BCUT2D eigenvalue weighted by atomic mass is 35.5. The number of imidazole rings is 1. The number of aromatic nitrogens is 2. The van der Waals surface area contributed by atoms with Gasteiger partial charge in [0, 0.05) is 30.1 Å². The van der Waals surface area contributed by atoms with Crippen LogP contribution in [0.3, 0.4) is 0 Å².